The Morgan fingerprint density at radius 1 is 1.60 bits per heavy atom. The maximum absolute atomic E-state index is 11.8. The van der Waals surface area contributed by atoms with Gasteiger partial charge in [-0.05, 0) is 18.9 Å². The van der Waals surface area contributed by atoms with Crippen LogP contribution in [-0.4, -0.2) is 9.78 Å². The summed E-state index contributed by atoms with van der Waals surface area (Å²) in [6.45, 7) is 6.48. The van der Waals surface area contributed by atoms with Crippen molar-refractivity contribution in [1.29, 1.82) is 5.26 Å². The normalized spacial score (nSPS) is 10.3. The highest BCUT2D eigenvalue weighted by molar-refractivity contribution is 5.16. The van der Waals surface area contributed by atoms with Crippen molar-refractivity contribution >= 4 is 0 Å². The lowest BCUT2D eigenvalue weighted by Gasteiger charge is -2.09. The van der Waals surface area contributed by atoms with Gasteiger partial charge in [0, 0.05) is 12.1 Å². The second kappa shape index (κ2) is 4.74. The van der Waals surface area contributed by atoms with Crippen molar-refractivity contribution in [2.45, 2.75) is 33.7 Å². The molecule has 0 unspecified atom stereocenters. The monoisotopic (exact) mass is 205 g/mol. The van der Waals surface area contributed by atoms with E-state index in [-0.39, 0.29) is 12.0 Å². The number of aryl methyl sites for hydroxylation is 1. The van der Waals surface area contributed by atoms with Crippen molar-refractivity contribution in [3.05, 3.63) is 27.7 Å². The smallest absolute Gasteiger partial charge is 0.267 e. The molecule has 1 heterocycles. The van der Waals surface area contributed by atoms with Crippen molar-refractivity contribution in [2.75, 3.05) is 0 Å². The molecular weight excluding hydrogens is 190 g/mol. The lowest BCUT2D eigenvalue weighted by atomic mass is 10.2. The van der Waals surface area contributed by atoms with Gasteiger partial charge in [-0.15, -0.1) is 0 Å². The summed E-state index contributed by atoms with van der Waals surface area (Å²) in [6.07, 6.45) is 0.153. The first-order valence-corrected chi connectivity index (χ1v) is 4.99. The minimum absolute atomic E-state index is 0.143. The van der Waals surface area contributed by atoms with E-state index in [9.17, 15) is 4.79 Å². The van der Waals surface area contributed by atoms with E-state index in [1.807, 2.05) is 26.8 Å². The van der Waals surface area contributed by atoms with Crippen LogP contribution in [0.5, 0.6) is 0 Å². The summed E-state index contributed by atoms with van der Waals surface area (Å²) < 4.78 is 1.45. The molecule has 0 aliphatic carbocycles. The van der Waals surface area contributed by atoms with E-state index in [0.717, 1.165) is 5.69 Å². The Balaban J connectivity index is 3.17. The molecule has 0 fully saturated rings. The highest BCUT2D eigenvalue weighted by Gasteiger charge is 2.07. The van der Waals surface area contributed by atoms with Crippen molar-refractivity contribution in [1.82, 2.24) is 9.78 Å². The third-order valence-corrected chi connectivity index (χ3v) is 1.98. The number of nitrogens with zero attached hydrogens (tertiary/aromatic N) is 3. The van der Waals surface area contributed by atoms with Gasteiger partial charge in [0.2, 0.25) is 0 Å². The van der Waals surface area contributed by atoms with E-state index in [1.54, 1.807) is 6.07 Å². The molecule has 0 saturated heterocycles. The van der Waals surface area contributed by atoms with Crippen LogP contribution >= 0.6 is 0 Å². The first-order chi connectivity index (χ1) is 7.04. The summed E-state index contributed by atoms with van der Waals surface area (Å²) in [7, 11) is 0. The minimum Gasteiger partial charge on any atom is -0.267 e. The lowest BCUT2D eigenvalue weighted by molar-refractivity contribution is 0.458. The molecule has 1 aromatic heterocycles. The quantitative estimate of drug-likeness (QED) is 0.746. The summed E-state index contributed by atoms with van der Waals surface area (Å²) in [6, 6.07) is 3.67. The van der Waals surface area contributed by atoms with Gasteiger partial charge in [0.05, 0.1) is 18.2 Å². The molecule has 1 rings (SSSR count). The van der Waals surface area contributed by atoms with Gasteiger partial charge in [0.1, 0.15) is 0 Å². The van der Waals surface area contributed by atoms with Crippen molar-refractivity contribution < 1.29 is 0 Å². The fourth-order valence-electron chi connectivity index (χ4n) is 1.43. The van der Waals surface area contributed by atoms with E-state index in [1.165, 1.54) is 4.68 Å². The third kappa shape index (κ3) is 2.91. The third-order valence-electron chi connectivity index (χ3n) is 1.98. The molecule has 0 spiro atoms. The van der Waals surface area contributed by atoms with Crippen LogP contribution in [0.25, 0.3) is 0 Å². The van der Waals surface area contributed by atoms with E-state index >= 15 is 0 Å². The highest BCUT2D eigenvalue weighted by atomic mass is 16.1. The maximum atomic E-state index is 11.8. The van der Waals surface area contributed by atoms with Crippen LogP contribution in [0.3, 0.4) is 0 Å². The molecule has 4 nitrogen and oxygen atoms in total. The summed E-state index contributed by atoms with van der Waals surface area (Å²) in [4.78, 5) is 11.8. The first-order valence-electron chi connectivity index (χ1n) is 4.99. The van der Waals surface area contributed by atoms with Gasteiger partial charge in [-0.3, -0.25) is 4.79 Å². The predicted octanol–water partition coefficient (Wildman–Crippen LogP) is 1.27. The van der Waals surface area contributed by atoms with Crippen LogP contribution in [0.1, 0.15) is 25.1 Å². The van der Waals surface area contributed by atoms with Crippen LogP contribution in [0.15, 0.2) is 10.9 Å². The Morgan fingerprint density at radius 2 is 2.27 bits per heavy atom. The molecule has 0 aromatic carbocycles. The van der Waals surface area contributed by atoms with Gasteiger partial charge in [0.25, 0.3) is 5.56 Å². The molecule has 80 valence electrons. The fourth-order valence-corrected chi connectivity index (χ4v) is 1.43. The van der Waals surface area contributed by atoms with Gasteiger partial charge < -0.3 is 0 Å². The Bertz CT molecular complexity index is 440. The average Bonchev–Trinajstić information content (AvgIpc) is 2.12. The SMILES string of the molecule is Cc1cc(CC#N)c(=O)n(CC(C)C)n1. The van der Waals surface area contributed by atoms with Gasteiger partial charge in [-0.1, -0.05) is 13.8 Å². The first kappa shape index (κ1) is 11.4. The van der Waals surface area contributed by atoms with Crippen LogP contribution < -0.4 is 5.56 Å². The number of aromatic nitrogens is 2. The van der Waals surface area contributed by atoms with E-state index in [4.69, 9.17) is 5.26 Å². The zero-order chi connectivity index (χ0) is 11.4. The van der Waals surface area contributed by atoms with Gasteiger partial charge in [0.15, 0.2) is 0 Å². The number of hydrogen-bond acceptors (Lipinski definition) is 3. The lowest BCUT2D eigenvalue weighted by Crippen LogP contribution is -2.28. The van der Waals surface area contributed by atoms with Crippen LogP contribution in [-0.2, 0) is 13.0 Å². The Labute approximate surface area is 89.2 Å². The molecule has 0 aliphatic heterocycles. The molecule has 0 atom stereocenters. The molecule has 0 bridgehead atoms. The summed E-state index contributed by atoms with van der Waals surface area (Å²) in [5.74, 6) is 0.368. The minimum atomic E-state index is -0.143. The molecule has 0 radical (unpaired) electrons. The number of rotatable bonds is 3. The largest absolute Gasteiger partial charge is 0.271 e. The number of hydrogen-bond donors (Lipinski definition) is 0. The van der Waals surface area contributed by atoms with Crippen molar-refractivity contribution in [2.24, 2.45) is 5.92 Å². The van der Waals surface area contributed by atoms with Gasteiger partial charge in [-0.2, -0.15) is 10.4 Å². The van der Waals surface area contributed by atoms with Crippen molar-refractivity contribution in [3.8, 4) is 6.07 Å². The summed E-state index contributed by atoms with van der Waals surface area (Å²) in [5, 5.41) is 12.7. The zero-order valence-electron chi connectivity index (χ0n) is 9.32. The molecule has 0 amide bonds. The van der Waals surface area contributed by atoms with Crippen LogP contribution in [0.2, 0.25) is 0 Å². The van der Waals surface area contributed by atoms with E-state index < -0.39 is 0 Å². The topological polar surface area (TPSA) is 58.7 Å². The Morgan fingerprint density at radius 3 is 2.80 bits per heavy atom. The van der Waals surface area contributed by atoms with Crippen molar-refractivity contribution in [3.63, 3.8) is 0 Å². The van der Waals surface area contributed by atoms with Crippen LogP contribution in [0.4, 0.5) is 0 Å². The second-order valence-electron chi connectivity index (χ2n) is 4.03. The fraction of sp³-hybridized carbons (Fsp3) is 0.545. The van der Waals surface area contributed by atoms with E-state index in [2.05, 4.69) is 5.10 Å². The Kier molecular flexibility index (Phi) is 3.62. The number of nitriles is 1. The Hall–Kier alpha value is -1.63. The molecule has 1 aromatic rings. The standard InChI is InChI=1S/C11H15N3O/c1-8(2)7-14-11(15)10(4-5-12)6-9(3)13-14/h6,8H,4,7H2,1-3H3. The maximum Gasteiger partial charge on any atom is 0.271 e. The highest BCUT2D eigenvalue weighted by Crippen LogP contribution is 1.99. The summed E-state index contributed by atoms with van der Waals surface area (Å²) in [5.41, 5.74) is 1.17. The van der Waals surface area contributed by atoms with E-state index in [0.29, 0.717) is 18.0 Å². The molecule has 15 heavy (non-hydrogen) atoms. The molecule has 0 aliphatic rings. The second-order valence-corrected chi connectivity index (χ2v) is 4.03. The molecule has 0 N–H and O–H groups in total. The van der Waals surface area contributed by atoms with Gasteiger partial charge in [-0.25, -0.2) is 4.68 Å². The molecular formula is C11H15N3O. The van der Waals surface area contributed by atoms with Crippen LogP contribution in [0, 0.1) is 24.2 Å². The predicted molar refractivity (Wildman–Crippen MR) is 57.4 cm³/mol. The van der Waals surface area contributed by atoms with Gasteiger partial charge >= 0.3 is 0 Å². The zero-order valence-corrected chi connectivity index (χ0v) is 9.32. The average molecular weight is 205 g/mol. The molecule has 0 saturated carbocycles. The molecule has 4 heteroatoms. The summed E-state index contributed by atoms with van der Waals surface area (Å²) >= 11 is 0.